The molecule has 0 bridgehead atoms. The monoisotopic (exact) mass is 370 g/mol. The molecule has 142 valence electrons. The van der Waals surface area contributed by atoms with Crippen molar-refractivity contribution in [2.75, 3.05) is 21.3 Å². The molecule has 1 heterocycles. The molecule has 0 saturated heterocycles. The molecule has 0 radical (unpaired) electrons. The Balaban J connectivity index is 1.90. The van der Waals surface area contributed by atoms with Gasteiger partial charge in [0.05, 0.1) is 21.3 Å². The molecule has 0 fully saturated rings. The number of aryl methyl sites for hydroxylation is 1. The summed E-state index contributed by atoms with van der Waals surface area (Å²) in [6.07, 6.45) is 0. The highest BCUT2D eigenvalue weighted by Crippen LogP contribution is 2.27. The Morgan fingerprint density at radius 2 is 1.78 bits per heavy atom. The van der Waals surface area contributed by atoms with Crippen molar-refractivity contribution in [1.29, 1.82) is 0 Å². The number of quaternary nitrogens is 1. The van der Waals surface area contributed by atoms with Gasteiger partial charge in [-0.3, -0.25) is 0 Å². The smallest absolute Gasteiger partial charge is 0.336 e. The lowest BCUT2D eigenvalue weighted by Gasteiger charge is -2.17. The summed E-state index contributed by atoms with van der Waals surface area (Å²) in [7, 11) is 5.31. The van der Waals surface area contributed by atoms with Crippen molar-refractivity contribution in [3.63, 3.8) is 0 Å². The third-order valence-electron chi connectivity index (χ3n) is 4.70. The maximum atomic E-state index is 12.0. The number of benzene rings is 2. The number of methoxy groups -OCH3 is 2. The number of aromatic hydroxyl groups is 1. The van der Waals surface area contributed by atoms with E-state index in [0.717, 1.165) is 28.0 Å². The van der Waals surface area contributed by atoms with E-state index in [1.807, 2.05) is 18.2 Å². The summed E-state index contributed by atoms with van der Waals surface area (Å²) in [5.41, 5.74) is 2.53. The molecule has 3 rings (SSSR count). The number of hydrogen-bond acceptors (Lipinski definition) is 5. The zero-order valence-electron chi connectivity index (χ0n) is 16.0. The Kier molecular flexibility index (Phi) is 5.37. The van der Waals surface area contributed by atoms with Crippen LogP contribution in [0.4, 0.5) is 0 Å². The summed E-state index contributed by atoms with van der Waals surface area (Å²) >= 11 is 0. The van der Waals surface area contributed by atoms with Crippen LogP contribution >= 0.6 is 0 Å². The molecule has 0 saturated carbocycles. The van der Waals surface area contributed by atoms with Crippen LogP contribution in [0.5, 0.6) is 17.2 Å². The lowest BCUT2D eigenvalue weighted by molar-refractivity contribution is -0.907. The average molecular weight is 370 g/mol. The van der Waals surface area contributed by atoms with Crippen LogP contribution in [0.15, 0.2) is 45.6 Å². The number of nitrogens with one attached hydrogen (secondary N) is 1. The molecule has 0 aliphatic carbocycles. The van der Waals surface area contributed by atoms with Crippen LogP contribution < -0.4 is 20.0 Å². The predicted octanol–water partition coefficient (Wildman–Crippen LogP) is 2.04. The van der Waals surface area contributed by atoms with Gasteiger partial charge >= 0.3 is 5.63 Å². The highest BCUT2D eigenvalue weighted by Gasteiger charge is 2.16. The minimum atomic E-state index is -0.416. The van der Waals surface area contributed by atoms with Crippen LogP contribution in [-0.4, -0.2) is 26.4 Å². The van der Waals surface area contributed by atoms with E-state index in [9.17, 15) is 9.90 Å². The van der Waals surface area contributed by atoms with Crippen LogP contribution in [0.25, 0.3) is 11.0 Å². The fourth-order valence-corrected chi connectivity index (χ4v) is 3.27. The summed E-state index contributed by atoms with van der Waals surface area (Å²) in [5.74, 6) is 1.63. The molecule has 3 aromatic rings. The van der Waals surface area contributed by atoms with E-state index in [1.165, 1.54) is 11.0 Å². The van der Waals surface area contributed by atoms with E-state index in [4.69, 9.17) is 13.9 Å². The number of phenols is 1. The van der Waals surface area contributed by atoms with Crippen molar-refractivity contribution in [3.05, 3.63) is 63.5 Å². The first-order valence-electron chi connectivity index (χ1n) is 8.70. The van der Waals surface area contributed by atoms with E-state index < -0.39 is 5.63 Å². The molecular weight excluding hydrogens is 346 g/mol. The van der Waals surface area contributed by atoms with Gasteiger partial charge in [0, 0.05) is 34.2 Å². The lowest BCUT2D eigenvalue weighted by atomic mass is 10.1. The van der Waals surface area contributed by atoms with E-state index in [2.05, 4.69) is 7.05 Å². The van der Waals surface area contributed by atoms with Gasteiger partial charge in [-0.2, -0.15) is 0 Å². The van der Waals surface area contributed by atoms with Gasteiger partial charge in [-0.15, -0.1) is 0 Å². The van der Waals surface area contributed by atoms with E-state index in [1.54, 1.807) is 33.3 Å². The van der Waals surface area contributed by atoms with E-state index >= 15 is 0 Å². The Labute approximate surface area is 157 Å². The number of hydrogen-bond donors (Lipinski definition) is 2. The van der Waals surface area contributed by atoms with Crippen molar-refractivity contribution < 1.29 is 23.9 Å². The molecule has 2 aromatic carbocycles. The van der Waals surface area contributed by atoms with Crippen molar-refractivity contribution >= 4 is 11.0 Å². The Morgan fingerprint density at radius 1 is 1.04 bits per heavy atom. The van der Waals surface area contributed by atoms with Crippen LogP contribution in [-0.2, 0) is 13.1 Å². The summed E-state index contributed by atoms with van der Waals surface area (Å²) in [4.78, 5) is 13.2. The molecule has 1 atom stereocenters. The first-order chi connectivity index (χ1) is 12.9. The summed E-state index contributed by atoms with van der Waals surface area (Å²) in [6.45, 7) is 3.08. The van der Waals surface area contributed by atoms with Crippen molar-refractivity contribution in [1.82, 2.24) is 0 Å². The normalized spacial score (nSPS) is 12.1. The summed E-state index contributed by atoms with van der Waals surface area (Å²) < 4.78 is 16.0. The number of phenolic OH excluding ortho intramolecular Hbond substituents is 1. The third kappa shape index (κ3) is 3.90. The maximum absolute atomic E-state index is 12.0. The highest BCUT2D eigenvalue weighted by atomic mass is 16.5. The van der Waals surface area contributed by atoms with Crippen molar-refractivity contribution in [2.45, 2.75) is 20.0 Å². The third-order valence-corrected chi connectivity index (χ3v) is 4.70. The largest absolute Gasteiger partial charge is 0.508 e. The van der Waals surface area contributed by atoms with E-state index in [-0.39, 0.29) is 5.75 Å². The molecule has 1 aromatic heterocycles. The zero-order valence-corrected chi connectivity index (χ0v) is 16.0. The van der Waals surface area contributed by atoms with Crippen LogP contribution in [0.3, 0.4) is 0 Å². The quantitative estimate of drug-likeness (QED) is 0.650. The highest BCUT2D eigenvalue weighted by molar-refractivity contribution is 5.84. The van der Waals surface area contributed by atoms with Gasteiger partial charge < -0.3 is 23.9 Å². The number of rotatable bonds is 6. The van der Waals surface area contributed by atoms with Gasteiger partial charge in [-0.25, -0.2) is 4.79 Å². The first kappa shape index (κ1) is 18.8. The van der Waals surface area contributed by atoms with Gasteiger partial charge in [-0.05, 0) is 31.2 Å². The Morgan fingerprint density at radius 3 is 2.48 bits per heavy atom. The van der Waals surface area contributed by atoms with Crippen molar-refractivity contribution in [3.8, 4) is 17.2 Å². The first-order valence-corrected chi connectivity index (χ1v) is 8.70. The second-order valence-electron chi connectivity index (χ2n) is 6.67. The van der Waals surface area contributed by atoms with E-state index in [0.29, 0.717) is 24.2 Å². The summed E-state index contributed by atoms with van der Waals surface area (Å²) in [6, 6.07) is 10.7. The average Bonchev–Trinajstić information content (AvgIpc) is 2.65. The number of fused-ring (bicyclic) bond motifs is 1. The fourth-order valence-electron chi connectivity index (χ4n) is 3.27. The Bertz CT molecular complexity index is 1020. The molecule has 2 N–H and O–H groups in total. The molecule has 0 aliphatic heterocycles. The minimum Gasteiger partial charge on any atom is -0.508 e. The number of ether oxygens (including phenoxy) is 2. The van der Waals surface area contributed by atoms with Gasteiger partial charge in [0.2, 0.25) is 0 Å². The van der Waals surface area contributed by atoms with Crippen LogP contribution in [0.2, 0.25) is 0 Å². The van der Waals surface area contributed by atoms with Crippen molar-refractivity contribution in [2.24, 2.45) is 0 Å². The maximum Gasteiger partial charge on any atom is 0.336 e. The van der Waals surface area contributed by atoms with Gasteiger partial charge in [-0.1, -0.05) is 0 Å². The molecule has 27 heavy (non-hydrogen) atoms. The zero-order chi connectivity index (χ0) is 19.6. The van der Waals surface area contributed by atoms with Gasteiger partial charge in [0.15, 0.2) is 0 Å². The van der Waals surface area contributed by atoms with Gasteiger partial charge in [0.1, 0.15) is 35.9 Å². The Hall–Kier alpha value is -2.99. The predicted molar refractivity (Wildman–Crippen MR) is 103 cm³/mol. The topological polar surface area (TPSA) is 73.3 Å². The molecule has 6 heteroatoms. The molecule has 0 amide bonds. The standard InChI is InChI=1S/C21H23NO5/c1-13-18(23)8-7-17-15(9-20(24)27-21(13)17)12-22(2)11-14-5-6-16(25-3)10-19(14)26-4/h5-10,23H,11-12H2,1-4H3/p+1. The molecular formula is C21H24NO5+. The SMILES string of the molecule is COc1ccc(C[NH+](C)Cc2cc(=O)oc3c(C)c(O)ccc23)c(OC)c1. The van der Waals surface area contributed by atoms with Crippen LogP contribution in [0.1, 0.15) is 16.7 Å². The lowest BCUT2D eigenvalue weighted by Crippen LogP contribution is -3.06. The second kappa shape index (κ2) is 7.72. The molecule has 6 nitrogen and oxygen atoms in total. The molecule has 1 unspecified atom stereocenters. The fraction of sp³-hybridized carbons (Fsp3) is 0.286. The minimum absolute atomic E-state index is 0.117. The molecule has 0 aliphatic rings. The summed E-state index contributed by atoms with van der Waals surface area (Å²) in [5, 5.41) is 10.7. The van der Waals surface area contributed by atoms with Crippen LogP contribution in [0, 0.1) is 6.92 Å². The van der Waals surface area contributed by atoms with Gasteiger partial charge in [0.25, 0.3) is 0 Å². The second-order valence-corrected chi connectivity index (χ2v) is 6.67. The molecule has 0 spiro atoms.